The third kappa shape index (κ3) is 5.14. The number of carboxylic acids is 1. The number of anilines is 1. The topological polar surface area (TPSA) is 111 Å². The van der Waals surface area contributed by atoms with Crippen molar-refractivity contribution in [3.63, 3.8) is 0 Å². The van der Waals surface area contributed by atoms with Crippen molar-refractivity contribution in [3.05, 3.63) is 83.1 Å². The van der Waals surface area contributed by atoms with Gasteiger partial charge in [-0.05, 0) is 72.9 Å². The van der Waals surface area contributed by atoms with Crippen molar-refractivity contribution in [1.29, 1.82) is 5.26 Å². The maximum atomic E-state index is 13.1. The predicted octanol–water partition coefficient (Wildman–Crippen LogP) is 4.15. The summed E-state index contributed by atoms with van der Waals surface area (Å²) in [6.07, 6.45) is 2.69. The third-order valence-electron chi connectivity index (χ3n) is 5.87. The average molecular weight is 483 g/mol. The number of rotatable bonds is 5. The standard InChI is InChI=1S/C25H20F3N3O4/c26-25(27,28)19-9-15(14-29)10-20(13-19)31-22(32)17-4-3-16-5-6-21(12-18(16)11-17)35-24(23(33)34)7-1-2-8-30-24/h1-2,5-10,12-13,17,30H,3-4,11H2,(H,31,32)(H,33,34). The number of carbonyl (C=O) groups is 2. The van der Waals surface area contributed by atoms with Gasteiger partial charge in [0, 0.05) is 17.8 Å². The minimum Gasteiger partial charge on any atom is -0.477 e. The molecule has 0 aromatic heterocycles. The third-order valence-corrected chi connectivity index (χ3v) is 5.87. The molecule has 0 spiro atoms. The van der Waals surface area contributed by atoms with Crippen molar-refractivity contribution in [2.24, 2.45) is 5.92 Å². The number of nitrogens with zero attached hydrogens (tertiary/aromatic N) is 1. The van der Waals surface area contributed by atoms with Gasteiger partial charge in [-0.15, -0.1) is 0 Å². The van der Waals surface area contributed by atoms with Crippen LogP contribution >= 0.6 is 0 Å². The number of nitrogens with one attached hydrogen (secondary N) is 2. The summed E-state index contributed by atoms with van der Waals surface area (Å²) in [4.78, 5) is 24.7. The van der Waals surface area contributed by atoms with Gasteiger partial charge in [0.1, 0.15) is 5.75 Å². The SMILES string of the molecule is N#Cc1cc(NC(=O)C2CCc3ccc(OC4(C(=O)O)C=CC=CN4)cc3C2)cc(C(F)(F)F)c1. The Morgan fingerprint density at radius 1 is 1.17 bits per heavy atom. The van der Waals surface area contributed by atoms with E-state index in [9.17, 15) is 27.9 Å². The Labute approximate surface area is 198 Å². The molecule has 180 valence electrons. The van der Waals surface area contributed by atoms with Gasteiger partial charge in [0.2, 0.25) is 5.91 Å². The van der Waals surface area contributed by atoms with Gasteiger partial charge in [-0.1, -0.05) is 12.1 Å². The van der Waals surface area contributed by atoms with E-state index >= 15 is 0 Å². The highest BCUT2D eigenvalue weighted by molar-refractivity contribution is 5.93. The molecule has 1 aliphatic carbocycles. The zero-order valence-corrected chi connectivity index (χ0v) is 18.2. The lowest BCUT2D eigenvalue weighted by molar-refractivity contribution is -0.152. The Hall–Kier alpha value is -4.26. The Morgan fingerprint density at radius 2 is 1.97 bits per heavy atom. The number of amides is 1. The zero-order valence-electron chi connectivity index (χ0n) is 18.2. The summed E-state index contributed by atoms with van der Waals surface area (Å²) in [6.45, 7) is 0. The second-order valence-electron chi connectivity index (χ2n) is 8.27. The molecule has 0 fully saturated rings. The van der Waals surface area contributed by atoms with E-state index in [2.05, 4.69) is 10.6 Å². The minimum atomic E-state index is -4.65. The fourth-order valence-corrected chi connectivity index (χ4v) is 4.09. The second-order valence-corrected chi connectivity index (χ2v) is 8.27. The molecule has 2 aliphatic rings. The number of carboxylic acid groups (broad SMARTS) is 1. The normalized spacial score (nSPS) is 20.8. The van der Waals surface area contributed by atoms with Crippen LogP contribution in [0, 0.1) is 17.2 Å². The molecule has 35 heavy (non-hydrogen) atoms. The fourth-order valence-electron chi connectivity index (χ4n) is 4.09. The number of allylic oxidation sites excluding steroid dienone is 2. The highest BCUT2D eigenvalue weighted by atomic mass is 19.4. The number of hydrogen-bond donors (Lipinski definition) is 3. The van der Waals surface area contributed by atoms with Gasteiger partial charge in [0.05, 0.1) is 17.2 Å². The Balaban J connectivity index is 1.51. The summed E-state index contributed by atoms with van der Waals surface area (Å²) < 4.78 is 45.2. The van der Waals surface area contributed by atoms with Gasteiger partial charge in [0.25, 0.3) is 5.72 Å². The lowest BCUT2D eigenvalue weighted by Gasteiger charge is -2.30. The van der Waals surface area contributed by atoms with Gasteiger partial charge in [-0.3, -0.25) is 4.79 Å². The van der Waals surface area contributed by atoms with Gasteiger partial charge in [-0.25, -0.2) is 4.79 Å². The molecule has 0 radical (unpaired) electrons. The zero-order chi connectivity index (χ0) is 25.2. The molecule has 2 atom stereocenters. The number of ether oxygens (including phenoxy) is 1. The van der Waals surface area contributed by atoms with Crippen LogP contribution in [0.25, 0.3) is 0 Å². The monoisotopic (exact) mass is 483 g/mol. The first-order valence-corrected chi connectivity index (χ1v) is 10.7. The second kappa shape index (κ2) is 9.18. The first-order valence-electron chi connectivity index (χ1n) is 10.7. The molecular weight excluding hydrogens is 463 g/mol. The summed E-state index contributed by atoms with van der Waals surface area (Å²) in [5.74, 6) is -1.93. The molecule has 0 saturated heterocycles. The van der Waals surface area contributed by atoms with Crippen molar-refractivity contribution in [3.8, 4) is 11.8 Å². The number of fused-ring (bicyclic) bond motifs is 1. The van der Waals surface area contributed by atoms with E-state index in [1.165, 1.54) is 18.3 Å². The molecular formula is C25H20F3N3O4. The first-order chi connectivity index (χ1) is 16.6. The molecule has 1 aliphatic heterocycles. The van der Waals surface area contributed by atoms with Gasteiger partial charge < -0.3 is 20.5 Å². The van der Waals surface area contributed by atoms with Gasteiger partial charge >= 0.3 is 12.1 Å². The summed E-state index contributed by atoms with van der Waals surface area (Å²) in [7, 11) is 0. The summed E-state index contributed by atoms with van der Waals surface area (Å²) in [5, 5.41) is 23.9. The van der Waals surface area contributed by atoms with Crippen LogP contribution in [0.3, 0.4) is 0 Å². The molecule has 4 rings (SSSR count). The number of nitriles is 1. The molecule has 1 heterocycles. The van der Waals surface area contributed by atoms with Crippen LogP contribution in [-0.4, -0.2) is 22.7 Å². The van der Waals surface area contributed by atoms with Crippen molar-refractivity contribution in [1.82, 2.24) is 5.32 Å². The number of aliphatic carboxylic acids is 1. The number of dihydropyridines is 1. The van der Waals surface area contributed by atoms with E-state index in [0.29, 0.717) is 19.3 Å². The quantitative estimate of drug-likeness (QED) is 0.589. The van der Waals surface area contributed by atoms with Gasteiger partial charge in [0.15, 0.2) is 0 Å². The van der Waals surface area contributed by atoms with Crippen LogP contribution in [0.5, 0.6) is 5.75 Å². The molecule has 7 nitrogen and oxygen atoms in total. The van der Waals surface area contributed by atoms with E-state index in [4.69, 9.17) is 10.00 Å². The van der Waals surface area contributed by atoms with E-state index < -0.39 is 35.3 Å². The number of hydrogen-bond acceptors (Lipinski definition) is 5. The van der Waals surface area contributed by atoms with E-state index in [1.807, 2.05) is 6.07 Å². The first kappa shape index (κ1) is 23.9. The van der Waals surface area contributed by atoms with E-state index in [1.54, 1.807) is 30.4 Å². The largest absolute Gasteiger partial charge is 0.477 e. The summed E-state index contributed by atoms with van der Waals surface area (Å²) in [5.41, 5.74) is -1.34. The van der Waals surface area contributed by atoms with Crippen molar-refractivity contribution in [2.75, 3.05) is 5.32 Å². The van der Waals surface area contributed by atoms with Crippen LogP contribution in [0.1, 0.15) is 28.7 Å². The van der Waals surface area contributed by atoms with Crippen molar-refractivity contribution >= 4 is 17.6 Å². The summed E-state index contributed by atoms with van der Waals surface area (Å²) in [6, 6.07) is 9.53. The Bertz CT molecular complexity index is 1280. The van der Waals surface area contributed by atoms with E-state index in [-0.39, 0.29) is 17.0 Å². The molecule has 2 unspecified atom stereocenters. The van der Waals surface area contributed by atoms with Crippen molar-refractivity contribution in [2.45, 2.75) is 31.2 Å². The number of aryl methyl sites for hydroxylation is 1. The smallest absolute Gasteiger partial charge is 0.416 e. The highest BCUT2D eigenvalue weighted by Gasteiger charge is 2.39. The highest BCUT2D eigenvalue weighted by Crippen LogP contribution is 2.34. The Kier molecular flexibility index (Phi) is 6.26. The molecule has 1 amide bonds. The number of benzene rings is 2. The lowest BCUT2D eigenvalue weighted by atomic mass is 9.83. The number of alkyl halides is 3. The Morgan fingerprint density at radius 3 is 2.63 bits per heavy atom. The predicted molar refractivity (Wildman–Crippen MR) is 119 cm³/mol. The fraction of sp³-hybridized carbons (Fsp3) is 0.240. The summed E-state index contributed by atoms with van der Waals surface area (Å²) >= 11 is 0. The molecule has 2 aromatic rings. The molecule has 2 aromatic carbocycles. The van der Waals surface area contributed by atoms with Crippen LogP contribution in [0.15, 0.2) is 60.8 Å². The molecule has 0 bridgehead atoms. The van der Waals surface area contributed by atoms with Gasteiger partial charge in [-0.2, -0.15) is 18.4 Å². The molecule has 10 heteroatoms. The van der Waals surface area contributed by atoms with Crippen LogP contribution in [0.2, 0.25) is 0 Å². The number of halogens is 3. The van der Waals surface area contributed by atoms with Crippen LogP contribution < -0.4 is 15.4 Å². The maximum Gasteiger partial charge on any atom is 0.416 e. The van der Waals surface area contributed by atoms with Crippen molar-refractivity contribution < 1.29 is 32.6 Å². The maximum absolute atomic E-state index is 13.1. The minimum absolute atomic E-state index is 0.101. The average Bonchev–Trinajstić information content (AvgIpc) is 2.83. The number of carbonyl (C=O) groups excluding carboxylic acids is 1. The molecule has 0 saturated carbocycles. The lowest BCUT2D eigenvalue weighted by Crippen LogP contribution is -2.54. The van der Waals surface area contributed by atoms with E-state index in [0.717, 1.165) is 23.3 Å². The molecule has 3 N–H and O–H groups in total. The van der Waals surface area contributed by atoms with Crippen LogP contribution in [0.4, 0.5) is 18.9 Å². The van der Waals surface area contributed by atoms with Crippen LogP contribution in [-0.2, 0) is 28.6 Å².